The third-order valence-corrected chi connectivity index (χ3v) is 6.23. The molecule has 30 heavy (non-hydrogen) atoms. The highest BCUT2D eigenvalue weighted by Crippen LogP contribution is 2.23. The molecule has 0 radical (unpaired) electrons. The monoisotopic (exact) mass is 415 g/mol. The lowest BCUT2D eigenvalue weighted by Gasteiger charge is -2.35. The Labute approximate surface area is 180 Å². The molecule has 0 saturated carbocycles. The fourth-order valence-electron chi connectivity index (χ4n) is 4.81. The second-order valence-electron chi connectivity index (χ2n) is 9.13. The largest absolute Gasteiger partial charge is 0.450 e. The molecule has 2 aliphatic rings. The topological polar surface area (TPSA) is 61.9 Å². The number of nitrogens with zero attached hydrogens (tertiary/aromatic N) is 2. The van der Waals surface area contributed by atoms with Gasteiger partial charge >= 0.3 is 6.09 Å². The second-order valence-corrected chi connectivity index (χ2v) is 9.13. The van der Waals surface area contributed by atoms with Crippen molar-refractivity contribution in [1.29, 1.82) is 0 Å². The van der Waals surface area contributed by atoms with Gasteiger partial charge in [0, 0.05) is 45.2 Å². The van der Waals surface area contributed by atoms with Crippen molar-refractivity contribution in [2.45, 2.75) is 53.1 Å². The highest BCUT2D eigenvalue weighted by atomic mass is 16.6. The number of amides is 2. The molecule has 0 spiro atoms. The van der Waals surface area contributed by atoms with Crippen LogP contribution in [-0.2, 0) is 22.6 Å². The van der Waals surface area contributed by atoms with Gasteiger partial charge in [-0.15, -0.1) is 0 Å². The summed E-state index contributed by atoms with van der Waals surface area (Å²) >= 11 is 0. The molecule has 2 atom stereocenters. The lowest BCUT2D eigenvalue weighted by atomic mass is 9.91. The fourth-order valence-corrected chi connectivity index (χ4v) is 4.81. The Kier molecular flexibility index (Phi) is 8.14. The van der Waals surface area contributed by atoms with Crippen LogP contribution >= 0.6 is 0 Å². The number of benzene rings is 1. The summed E-state index contributed by atoms with van der Waals surface area (Å²) in [5.74, 6) is 1.59. The van der Waals surface area contributed by atoms with Gasteiger partial charge in [0.05, 0.1) is 6.61 Å². The van der Waals surface area contributed by atoms with E-state index in [1.807, 2.05) is 0 Å². The summed E-state index contributed by atoms with van der Waals surface area (Å²) in [6, 6.07) is 8.61. The first kappa shape index (κ1) is 22.6. The van der Waals surface area contributed by atoms with Crippen LogP contribution in [0.4, 0.5) is 4.79 Å². The Balaban J connectivity index is 1.41. The summed E-state index contributed by atoms with van der Waals surface area (Å²) in [5.41, 5.74) is 2.45. The van der Waals surface area contributed by atoms with Crippen LogP contribution in [0.3, 0.4) is 0 Å². The molecular formula is C24H37N3O3. The molecule has 166 valence electrons. The lowest BCUT2D eigenvalue weighted by molar-refractivity contribution is -0.126. The SMILES string of the molecule is CCOC(=O)N1CCC(C(=O)NCc2ccc(CN3C[C@H](C)C[C@@H](C)C3)cc2)CC1. The molecule has 1 aromatic rings. The molecule has 0 aromatic heterocycles. The van der Waals surface area contributed by atoms with Gasteiger partial charge < -0.3 is 15.0 Å². The zero-order valence-corrected chi connectivity index (χ0v) is 18.7. The molecular weight excluding hydrogens is 378 g/mol. The number of rotatable bonds is 6. The molecule has 2 fully saturated rings. The molecule has 2 saturated heterocycles. The van der Waals surface area contributed by atoms with Crippen LogP contribution in [0.5, 0.6) is 0 Å². The van der Waals surface area contributed by atoms with Gasteiger partial charge in [-0.05, 0) is 49.1 Å². The van der Waals surface area contributed by atoms with Gasteiger partial charge in [-0.3, -0.25) is 9.69 Å². The maximum absolute atomic E-state index is 12.5. The van der Waals surface area contributed by atoms with Crippen molar-refractivity contribution < 1.29 is 14.3 Å². The highest BCUT2D eigenvalue weighted by molar-refractivity contribution is 5.79. The smallest absolute Gasteiger partial charge is 0.409 e. The van der Waals surface area contributed by atoms with E-state index >= 15 is 0 Å². The van der Waals surface area contributed by atoms with E-state index in [1.54, 1.807) is 11.8 Å². The van der Waals surface area contributed by atoms with Gasteiger partial charge in [0.15, 0.2) is 0 Å². The fraction of sp³-hybridized carbons (Fsp3) is 0.667. The van der Waals surface area contributed by atoms with Gasteiger partial charge in [0.25, 0.3) is 0 Å². The maximum atomic E-state index is 12.5. The molecule has 6 heteroatoms. The molecule has 0 aliphatic carbocycles. The van der Waals surface area contributed by atoms with Crippen molar-refractivity contribution in [1.82, 2.24) is 15.1 Å². The maximum Gasteiger partial charge on any atom is 0.409 e. The highest BCUT2D eigenvalue weighted by Gasteiger charge is 2.27. The number of hydrogen-bond acceptors (Lipinski definition) is 4. The van der Waals surface area contributed by atoms with Crippen LogP contribution in [0.25, 0.3) is 0 Å². The minimum atomic E-state index is -0.273. The van der Waals surface area contributed by atoms with E-state index in [0.717, 1.165) is 23.9 Å². The first-order valence-corrected chi connectivity index (χ1v) is 11.4. The summed E-state index contributed by atoms with van der Waals surface area (Å²) in [5, 5.41) is 3.07. The number of carbonyl (C=O) groups is 2. The van der Waals surface area contributed by atoms with Crippen molar-refractivity contribution in [3.8, 4) is 0 Å². The average Bonchev–Trinajstić information content (AvgIpc) is 2.72. The van der Waals surface area contributed by atoms with Crippen molar-refractivity contribution in [2.24, 2.45) is 17.8 Å². The Hall–Kier alpha value is -2.08. The van der Waals surface area contributed by atoms with E-state index in [4.69, 9.17) is 4.74 Å². The van der Waals surface area contributed by atoms with E-state index in [2.05, 4.69) is 48.3 Å². The summed E-state index contributed by atoms with van der Waals surface area (Å²) in [4.78, 5) is 28.5. The van der Waals surface area contributed by atoms with E-state index in [1.165, 1.54) is 25.1 Å². The molecule has 3 rings (SSSR count). The number of nitrogens with one attached hydrogen (secondary N) is 1. The molecule has 2 heterocycles. The van der Waals surface area contributed by atoms with Crippen molar-refractivity contribution in [3.05, 3.63) is 35.4 Å². The normalized spacial score (nSPS) is 23.2. The van der Waals surface area contributed by atoms with Crippen LogP contribution < -0.4 is 5.32 Å². The van der Waals surface area contributed by atoms with Crippen molar-refractivity contribution in [3.63, 3.8) is 0 Å². The minimum absolute atomic E-state index is 0.0296. The molecule has 1 aromatic carbocycles. The molecule has 0 unspecified atom stereocenters. The number of ether oxygens (including phenoxy) is 1. The van der Waals surface area contributed by atoms with Crippen molar-refractivity contribution >= 4 is 12.0 Å². The Morgan fingerprint density at radius 3 is 2.23 bits per heavy atom. The number of carbonyl (C=O) groups excluding carboxylic acids is 2. The third kappa shape index (κ3) is 6.46. The summed E-state index contributed by atoms with van der Waals surface area (Å²) in [6.45, 7) is 11.9. The Morgan fingerprint density at radius 1 is 1.03 bits per heavy atom. The van der Waals surface area contributed by atoms with Crippen LogP contribution in [0.1, 0.15) is 51.2 Å². The molecule has 2 amide bonds. The van der Waals surface area contributed by atoms with Crippen LogP contribution in [0.2, 0.25) is 0 Å². The van der Waals surface area contributed by atoms with E-state index in [-0.39, 0.29) is 17.9 Å². The number of piperidine rings is 2. The predicted molar refractivity (Wildman–Crippen MR) is 118 cm³/mol. The zero-order chi connectivity index (χ0) is 21.5. The number of likely N-dealkylation sites (tertiary alicyclic amines) is 2. The molecule has 2 aliphatic heterocycles. The van der Waals surface area contributed by atoms with Gasteiger partial charge in [-0.25, -0.2) is 4.79 Å². The Morgan fingerprint density at radius 2 is 1.63 bits per heavy atom. The van der Waals surface area contributed by atoms with Crippen LogP contribution in [0, 0.1) is 17.8 Å². The first-order valence-electron chi connectivity index (χ1n) is 11.4. The summed E-state index contributed by atoms with van der Waals surface area (Å²) in [6.07, 6.45) is 2.44. The van der Waals surface area contributed by atoms with Gasteiger partial charge in [-0.2, -0.15) is 0 Å². The molecule has 0 bridgehead atoms. The van der Waals surface area contributed by atoms with Gasteiger partial charge in [0.2, 0.25) is 5.91 Å². The minimum Gasteiger partial charge on any atom is -0.450 e. The lowest BCUT2D eigenvalue weighted by Crippen LogP contribution is -2.43. The first-order chi connectivity index (χ1) is 14.4. The summed E-state index contributed by atoms with van der Waals surface area (Å²) < 4.78 is 5.03. The summed E-state index contributed by atoms with van der Waals surface area (Å²) in [7, 11) is 0. The van der Waals surface area contributed by atoms with E-state index in [9.17, 15) is 9.59 Å². The quantitative estimate of drug-likeness (QED) is 0.770. The van der Waals surface area contributed by atoms with E-state index < -0.39 is 0 Å². The van der Waals surface area contributed by atoms with Crippen molar-refractivity contribution in [2.75, 3.05) is 32.8 Å². The average molecular weight is 416 g/mol. The predicted octanol–water partition coefficient (Wildman–Crippen LogP) is 3.65. The third-order valence-electron chi connectivity index (χ3n) is 6.23. The molecule has 1 N–H and O–H groups in total. The number of hydrogen-bond donors (Lipinski definition) is 1. The molecule has 6 nitrogen and oxygen atoms in total. The second kappa shape index (κ2) is 10.8. The Bertz CT molecular complexity index is 688. The van der Waals surface area contributed by atoms with Gasteiger partial charge in [0.1, 0.15) is 0 Å². The van der Waals surface area contributed by atoms with E-state index in [0.29, 0.717) is 39.1 Å². The van der Waals surface area contributed by atoms with Crippen LogP contribution in [0.15, 0.2) is 24.3 Å². The zero-order valence-electron chi connectivity index (χ0n) is 18.7. The van der Waals surface area contributed by atoms with Crippen LogP contribution in [-0.4, -0.2) is 54.6 Å². The van der Waals surface area contributed by atoms with Gasteiger partial charge in [-0.1, -0.05) is 38.1 Å². The standard InChI is InChI=1S/C24H37N3O3/c1-4-30-24(29)27-11-9-22(10-12-27)23(28)25-14-20-5-7-21(8-6-20)17-26-15-18(2)13-19(3)16-26/h5-8,18-19,22H,4,9-17H2,1-3H3,(H,25,28)/t18-,19-/m1/s1.